The monoisotopic (exact) mass is 370 g/mol. The Kier molecular flexibility index (Phi) is 5.40. The Labute approximate surface area is 146 Å². The van der Waals surface area contributed by atoms with Crippen molar-refractivity contribution in [1.82, 2.24) is 10.0 Å². The molecular formula is C16H22N2O6S. The van der Waals surface area contributed by atoms with Crippen molar-refractivity contribution < 1.29 is 28.2 Å². The van der Waals surface area contributed by atoms with Crippen molar-refractivity contribution in [2.45, 2.75) is 54.6 Å². The molecule has 0 aromatic heterocycles. The predicted molar refractivity (Wildman–Crippen MR) is 88.1 cm³/mol. The van der Waals surface area contributed by atoms with Crippen LogP contribution < -0.4 is 10.0 Å². The van der Waals surface area contributed by atoms with Gasteiger partial charge in [0.05, 0.1) is 17.4 Å². The number of aliphatic hydroxyl groups excluding tert-OH is 2. The third kappa shape index (κ3) is 4.56. The van der Waals surface area contributed by atoms with Gasteiger partial charge in [-0.2, -0.15) is 0 Å². The van der Waals surface area contributed by atoms with Crippen molar-refractivity contribution in [2.75, 3.05) is 6.54 Å². The Morgan fingerprint density at radius 2 is 1.76 bits per heavy atom. The maximum Gasteiger partial charge on any atom is 0.240 e. The Balaban J connectivity index is 1.55. The molecule has 1 aliphatic heterocycles. The standard InChI is InChI=1S/C16H22N2O6S/c19-14(18-10-6-7-10)8-12-15(20)16(21)13(24-12)9-17-25(22,23)11-4-2-1-3-5-11/h1-5,10,12-13,15-17,20-21H,6-9H2,(H,18,19)/t12-,13-,15-,16+/m0/s1. The minimum Gasteiger partial charge on any atom is -0.388 e. The van der Waals surface area contributed by atoms with Gasteiger partial charge in [-0.15, -0.1) is 0 Å². The van der Waals surface area contributed by atoms with Crippen LogP contribution in [-0.2, 0) is 19.6 Å². The summed E-state index contributed by atoms with van der Waals surface area (Å²) in [5.74, 6) is -0.246. The molecule has 3 rings (SSSR count). The first-order chi connectivity index (χ1) is 11.9. The summed E-state index contributed by atoms with van der Waals surface area (Å²) in [5.41, 5.74) is 0. The zero-order valence-corrected chi connectivity index (χ0v) is 14.4. The van der Waals surface area contributed by atoms with Crippen molar-refractivity contribution in [2.24, 2.45) is 0 Å². The summed E-state index contributed by atoms with van der Waals surface area (Å²) in [5, 5.41) is 22.9. The van der Waals surface area contributed by atoms with Gasteiger partial charge in [0.15, 0.2) is 0 Å². The molecule has 4 N–H and O–H groups in total. The molecule has 0 radical (unpaired) electrons. The van der Waals surface area contributed by atoms with Crippen LogP contribution in [0, 0.1) is 0 Å². The van der Waals surface area contributed by atoms with Crippen LogP contribution in [0.4, 0.5) is 0 Å². The van der Waals surface area contributed by atoms with E-state index in [1.54, 1.807) is 18.2 Å². The number of rotatable bonds is 7. The molecule has 0 bridgehead atoms. The van der Waals surface area contributed by atoms with Crippen LogP contribution in [0.5, 0.6) is 0 Å². The van der Waals surface area contributed by atoms with Crippen LogP contribution >= 0.6 is 0 Å². The van der Waals surface area contributed by atoms with E-state index >= 15 is 0 Å². The molecule has 8 nitrogen and oxygen atoms in total. The fourth-order valence-corrected chi connectivity index (χ4v) is 3.80. The molecule has 1 amide bonds. The molecular weight excluding hydrogens is 348 g/mol. The summed E-state index contributed by atoms with van der Waals surface area (Å²) < 4.78 is 32.2. The van der Waals surface area contributed by atoms with Crippen molar-refractivity contribution in [3.05, 3.63) is 30.3 Å². The first kappa shape index (κ1) is 18.3. The number of carbonyl (C=O) groups excluding carboxylic acids is 1. The minimum atomic E-state index is -3.74. The van der Waals surface area contributed by atoms with E-state index in [2.05, 4.69) is 10.0 Å². The van der Waals surface area contributed by atoms with Gasteiger partial charge in [0.2, 0.25) is 15.9 Å². The number of aliphatic hydroxyl groups is 2. The lowest BCUT2D eigenvalue weighted by molar-refractivity contribution is -0.125. The molecule has 138 valence electrons. The summed E-state index contributed by atoms with van der Waals surface area (Å²) in [4.78, 5) is 11.9. The second kappa shape index (κ2) is 7.38. The molecule has 2 aliphatic rings. The van der Waals surface area contributed by atoms with Gasteiger partial charge >= 0.3 is 0 Å². The maximum atomic E-state index is 12.2. The number of hydrogen-bond donors (Lipinski definition) is 4. The summed E-state index contributed by atoms with van der Waals surface area (Å²) in [6.45, 7) is -0.198. The molecule has 1 aromatic rings. The van der Waals surface area contributed by atoms with E-state index < -0.39 is 34.4 Å². The highest BCUT2D eigenvalue weighted by atomic mass is 32.2. The molecule has 2 fully saturated rings. The highest BCUT2D eigenvalue weighted by molar-refractivity contribution is 7.89. The van der Waals surface area contributed by atoms with E-state index in [-0.39, 0.29) is 29.8 Å². The molecule has 4 atom stereocenters. The Hall–Kier alpha value is -1.52. The normalized spacial score (nSPS) is 29.5. The molecule has 1 heterocycles. The van der Waals surface area contributed by atoms with Crippen molar-refractivity contribution in [1.29, 1.82) is 0 Å². The summed E-state index contributed by atoms with van der Waals surface area (Å²) in [6, 6.07) is 8.02. The molecule has 0 unspecified atom stereocenters. The second-order valence-corrected chi connectivity index (χ2v) is 8.17. The van der Waals surface area contributed by atoms with Crippen molar-refractivity contribution >= 4 is 15.9 Å². The number of carbonyl (C=O) groups is 1. The molecule has 1 saturated carbocycles. The molecule has 25 heavy (non-hydrogen) atoms. The Morgan fingerprint density at radius 1 is 1.12 bits per heavy atom. The van der Waals surface area contributed by atoms with Gasteiger partial charge in [-0.1, -0.05) is 18.2 Å². The summed E-state index contributed by atoms with van der Waals surface area (Å²) in [7, 11) is -3.74. The van der Waals surface area contributed by atoms with Gasteiger partial charge in [-0.25, -0.2) is 13.1 Å². The third-order valence-corrected chi connectivity index (χ3v) is 5.76. The van der Waals surface area contributed by atoms with E-state index in [9.17, 15) is 23.4 Å². The zero-order valence-electron chi connectivity index (χ0n) is 13.5. The first-order valence-electron chi connectivity index (χ1n) is 8.22. The SMILES string of the molecule is O=C(C[C@@H]1O[C@@H](CNS(=O)(=O)c2ccccc2)[C@@H](O)[C@H]1O)NC1CC1. The van der Waals surface area contributed by atoms with Gasteiger partial charge in [-0.05, 0) is 25.0 Å². The van der Waals surface area contributed by atoms with Gasteiger partial charge < -0.3 is 20.3 Å². The third-order valence-electron chi connectivity index (χ3n) is 4.32. The van der Waals surface area contributed by atoms with Crippen molar-refractivity contribution in [3.8, 4) is 0 Å². The number of hydrogen-bond acceptors (Lipinski definition) is 6. The van der Waals surface area contributed by atoms with Gasteiger partial charge in [0.1, 0.15) is 18.3 Å². The summed E-state index contributed by atoms with van der Waals surface area (Å²) in [6.07, 6.45) is -2.46. The highest BCUT2D eigenvalue weighted by Gasteiger charge is 2.44. The van der Waals surface area contributed by atoms with Crippen LogP contribution in [0.25, 0.3) is 0 Å². The Bertz CT molecular complexity index is 707. The average Bonchev–Trinajstić information content (AvgIpc) is 3.36. The fourth-order valence-electron chi connectivity index (χ4n) is 2.73. The van der Waals surface area contributed by atoms with Crippen LogP contribution in [-0.4, -0.2) is 61.5 Å². The lowest BCUT2D eigenvalue weighted by Crippen LogP contribution is -2.40. The fraction of sp³-hybridized carbons (Fsp3) is 0.562. The molecule has 1 aliphatic carbocycles. The van der Waals surface area contributed by atoms with E-state index in [0.717, 1.165) is 12.8 Å². The van der Waals surface area contributed by atoms with Crippen LogP contribution in [0.15, 0.2) is 35.2 Å². The predicted octanol–water partition coefficient (Wildman–Crippen LogP) is -0.877. The molecule has 1 aromatic carbocycles. The van der Waals surface area contributed by atoms with E-state index in [4.69, 9.17) is 4.74 Å². The molecule has 1 saturated heterocycles. The van der Waals surface area contributed by atoms with E-state index in [1.165, 1.54) is 12.1 Å². The van der Waals surface area contributed by atoms with Crippen LogP contribution in [0.2, 0.25) is 0 Å². The van der Waals surface area contributed by atoms with E-state index in [0.29, 0.717) is 0 Å². The van der Waals surface area contributed by atoms with Gasteiger partial charge in [-0.3, -0.25) is 4.79 Å². The first-order valence-corrected chi connectivity index (χ1v) is 9.71. The molecule has 0 spiro atoms. The summed E-state index contributed by atoms with van der Waals surface area (Å²) >= 11 is 0. The number of sulfonamides is 1. The smallest absolute Gasteiger partial charge is 0.240 e. The van der Waals surface area contributed by atoms with Crippen LogP contribution in [0.1, 0.15) is 19.3 Å². The molecule has 9 heteroatoms. The number of ether oxygens (including phenoxy) is 1. The minimum absolute atomic E-state index is 0.0728. The number of amides is 1. The highest BCUT2D eigenvalue weighted by Crippen LogP contribution is 2.25. The lowest BCUT2D eigenvalue weighted by Gasteiger charge is -2.15. The average molecular weight is 370 g/mol. The maximum absolute atomic E-state index is 12.2. The van der Waals surface area contributed by atoms with Crippen LogP contribution in [0.3, 0.4) is 0 Å². The topological polar surface area (TPSA) is 125 Å². The van der Waals surface area contributed by atoms with Gasteiger partial charge in [0, 0.05) is 12.6 Å². The largest absolute Gasteiger partial charge is 0.388 e. The second-order valence-electron chi connectivity index (χ2n) is 6.41. The quantitative estimate of drug-likeness (QED) is 0.494. The van der Waals surface area contributed by atoms with Gasteiger partial charge in [0.25, 0.3) is 0 Å². The van der Waals surface area contributed by atoms with Crippen molar-refractivity contribution in [3.63, 3.8) is 0 Å². The zero-order chi connectivity index (χ0) is 18.0. The Morgan fingerprint density at radius 3 is 2.40 bits per heavy atom. The lowest BCUT2D eigenvalue weighted by atomic mass is 10.1. The number of benzene rings is 1. The number of nitrogens with one attached hydrogen (secondary N) is 2. The van der Waals surface area contributed by atoms with E-state index in [1.807, 2.05) is 0 Å².